The summed E-state index contributed by atoms with van der Waals surface area (Å²) in [6.07, 6.45) is -9.99. The van der Waals surface area contributed by atoms with Gasteiger partial charge in [0.15, 0.2) is 18.9 Å². The molecule has 0 bridgehead atoms. The van der Waals surface area contributed by atoms with Crippen LogP contribution in [-0.4, -0.2) is 349 Å². The van der Waals surface area contributed by atoms with Crippen molar-refractivity contribution in [1.29, 1.82) is 0 Å². The molecule has 9 unspecified atom stereocenters. The minimum atomic E-state index is -4.56. The largest absolute Gasteiger partial charge is 0.472 e. The zero-order valence-electron chi connectivity index (χ0n) is 66.7. The van der Waals surface area contributed by atoms with Gasteiger partial charge < -0.3 is 128 Å². The van der Waals surface area contributed by atoms with E-state index in [-0.39, 0.29) is 168 Å². The third-order valence-electron chi connectivity index (χ3n) is 19.8. The first-order valence-corrected chi connectivity index (χ1v) is 44.2. The first-order valence-electron chi connectivity index (χ1n) is 39.7. The maximum absolute atomic E-state index is 13.1. The molecule has 4 amide bonds. The molecule has 113 heavy (non-hydrogen) atoms. The van der Waals surface area contributed by atoms with E-state index in [0.717, 1.165) is 5.92 Å². The number of carbonyl (C=O) groups is 4. The number of aliphatic hydroxyl groups is 9. The lowest BCUT2D eigenvalue weighted by atomic mass is 9.92. The molecule has 0 saturated carbocycles. The Balaban J connectivity index is 0.00000556. The predicted octanol–water partition coefficient (Wildman–Crippen LogP) is 1.53. The van der Waals surface area contributed by atoms with Crippen molar-refractivity contribution in [2.45, 2.75) is 255 Å². The number of likely N-dealkylation sites (tertiary alicyclic amines) is 3. The lowest BCUT2D eigenvalue weighted by Gasteiger charge is -2.42. The number of unbranched alkanes of at least 4 members (excludes halogenated alkanes) is 3. The molecular formula is C71H133N4O35P3. The van der Waals surface area contributed by atoms with Crippen LogP contribution < -0.4 is 5.32 Å². The molecular weight excluding hydrogens is 1560 g/mol. The van der Waals surface area contributed by atoms with Gasteiger partial charge >= 0.3 is 23.5 Å². The number of nitrogens with zero attached hydrogens (tertiary/aromatic N) is 3. The fraction of sp³-hybridized carbons (Fsp3) is 0.944. The Morgan fingerprint density at radius 1 is 0.434 bits per heavy atom. The van der Waals surface area contributed by atoms with Crippen molar-refractivity contribution in [2.75, 3.05) is 152 Å². The number of ether oxygens (including phenoxy) is 10. The number of hydrogen-bond acceptors (Lipinski definition) is 32. The molecule has 0 aromatic carbocycles. The number of methoxy groups -OCH3 is 1. The average Bonchev–Trinajstić information content (AvgIpc) is 0.905. The quantitative estimate of drug-likeness (QED) is 0.0303. The van der Waals surface area contributed by atoms with E-state index in [4.69, 9.17) is 74.5 Å². The molecule has 42 heteroatoms. The average molecular weight is 1700 g/mol. The predicted molar refractivity (Wildman–Crippen MR) is 399 cm³/mol. The molecule has 6 saturated heterocycles. The van der Waals surface area contributed by atoms with Crippen molar-refractivity contribution in [3.8, 4) is 0 Å². The normalized spacial score (nSPS) is 29.2. The molecule has 662 valence electrons. The van der Waals surface area contributed by atoms with Crippen LogP contribution in [0.1, 0.15) is 157 Å². The van der Waals surface area contributed by atoms with Gasteiger partial charge in [0, 0.05) is 124 Å². The Morgan fingerprint density at radius 3 is 1.02 bits per heavy atom. The summed E-state index contributed by atoms with van der Waals surface area (Å²) in [7, 11) is -12.2. The second-order valence-corrected chi connectivity index (χ2v) is 34.6. The minimum absolute atomic E-state index is 0.0228. The third kappa shape index (κ3) is 36.7. The van der Waals surface area contributed by atoms with Crippen LogP contribution in [0.5, 0.6) is 0 Å². The second-order valence-electron chi connectivity index (χ2n) is 30.4. The number of rotatable bonds is 51. The highest BCUT2D eigenvalue weighted by atomic mass is 31.2. The van der Waals surface area contributed by atoms with Gasteiger partial charge in [0.1, 0.15) is 48.8 Å². The van der Waals surface area contributed by atoms with Crippen LogP contribution in [0.3, 0.4) is 0 Å². The smallest absolute Gasteiger partial charge is 0.394 e. The van der Waals surface area contributed by atoms with E-state index in [1.165, 1.54) is 14.0 Å². The number of phosphoric acid groups is 3. The van der Waals surface area contributed by atoms with Gasteiger partial charge in [-0.15, -0.1) is 0 Å². The monoisotopic (exact) mass is 1690 g/mol. The summed E-state index contributed by atoms with van der Waals surface area (Å²) < 4.78 is 129. The Kier molecular flexibility index (Phi) is 47.0. The van der Waals surface area contributed by atoms with E-state index in [1.54, 1.807) is 28.5 Å². The standard InChI is InChI=1S/C67H123N4O35P3.C4H10/c1-45-58(79)60(81)51(38-72)101-64(45)95-32-8-5-14-54(76)69-23-17-48(18-24-69)104-107(85,86)98-35-11-29-92-42-67(41-91-4,43-93-30-12-36-99-108(87,88)105-49-19-25-70(26-20-49)55(77)15-6-9-33-96-65-46(2)59(80)61(82)52(39-73)102-65)44-94-31-13-37-100-109(89,90)106-50-21-27-71(28-22-50)56(78)16-7-10-34-97-66-57(68-47(3)75)63(84)62(83)53(40-74)103-66;1-4(2)3/h45-46,48-53,57-66,72-74,79-84H,5-44H2,1-4H3,(H,68,75)(H,85,86)(H,87,88)(H,89,90);4H,1-3H3/t45-,46-,51?,52?,53?,57-,58?,59?,60-,61-,62-,63?,64+,65+,66+,67?;/m0./s1. The Hall–Kier alpha value is -2.55. The van der Waals surface area contributed by atoms with Gasteiger partial charge in [-0.25, -0.2) is 13.7 Å². The van der Waals surface area contributed by atoms with E-state index in [0.29, 0.717) is 90.4 Å². The molecule has 0 spiro atoms. The molecule has 0 radical (unpaired) electrons. The highest BCUT2D eigenvalue weighted by Crippen LogP contribution is 2.48. The van der Waals surface area contributed by atoms with Crippen LogP contribution in [-0.2, 0) is 107 Å². The summed E-state index contributed by atoms with van der Waals surface area (Å²) in [6.45, 7) is 11.0. The topological polar surface area (TPSA) is 532 Å². The molecule has 0 aromatic heterocycles. The van der Waals surface area contributed by atoms with Crippen molar-refractivity contribution in [3.63, 3.8) is 0 Å². The number of amides is 4. The highest BCUT2D eigenvalue weighted by Gasteiger charge is 2.47. The molecule has 18 atom stereocenters. The lowest BCUT2D eigenvalue weighted by Crippen LogP contribution is -2.64. The molecule has 0 aliphatic carbocycles. The fourth-order valence-electron chi connectivity index (χ4n) is 13.4. The molecule has 6 rings (SSSR count). The van der Waals surface area contributed by atoms with Crippen LogP contribution in [0, 0.1) is 23.2 Å². The fourth-order valence-corrected chi connectivity index (χ4v) is 16.4. The van der Waals surface area contributed by atoms with E-state index < -0.39 is 165 Å². The van der Waals surface area contributed by atoms with Crippen molar-refractivity contribution >= 4 is 47.1 Å². The number of carbonyl (C=O) groups excluding carboxylic acids is 4. The molecule has 6 aliphatic heterocycles. The summed E-state index contributed by atoms with van der Waals surface area (Å²) in [6, 6.07) is -1.09. The molecule has 6 heterocycles. The Bertz CT molecular complexity index is 2710. The zero-order valence-corrected chi connectivity index (χ0v) is 69.4. The molecule has 39 nitrogen and oxygen atoms in total. The van der Waals surface area contributed by atoms with Gasteiger partial charge in [-0.2, -0.15) is 0 Å². The van der Waals surface area contributed by atoms with E-state index in [2.05, 4.69) is 26.1 Å². The summed E-state index contributed by atoms with van der Waals surface area (Å²) in [4.78, 5) is 87.7. The maximum Gasteiger partial charge on any atom is 0.472 e. The minimum Gasteiger partial charge on any atom is -0.394 e. The van der Waals surface area contributed by atoms with Crippen LogP contribution in [0.4, 0.5) is 0 Å². The van der Waals surface area contributed by atoms with Crippen LogP contribution in [0.2, 0.25) is 0 Å². The summed E-state index contributed by atoms with van der Waals surface area (Å²) in [5.41, 5.74) is -0.999. The Morgan fingerprint density at radius 2 is 0.726 bits per heavy atom. The van der Waals surface area contributed by atoms with Gasteiger partial charge in [0.2, 0.25) is 23.6 Å². The van der Waals surface area contributed by atoms with Crippen LogP contribution in [0.15, 0.2) is 0 Å². The lowest BCUT2D eigenvalue weighted by molar-refractivity contribution is -0.282. The first-order chi connectivity index (χ1) is 53.7. The van der Waals surface area contributed by atoms with E-state index in [9.17, 15) is 93.5 Å². The molecule has 0 aromatic rings. The van der Waals surface area contributed by atoms with Gasteiger partial charge in [-0.05, 0) is 102 Å². The van der Waals surface area contributed by atoms with Gasteiger partial charge in [0.05, 0.1) is 102 Å². The SMILES string of the molecule is CC(C)C.COCC(COCCCOP(=O)(O)OC1CCN(C(=O)CCCCO[C@@H]2OC(CO)[C@H](O)C(O)[C@@H]2C)CC1)(COCCCOP(=O)(O)OC1CCN(C(=O)CCCCO[C@@H]2OC(CO)[C@H](O)C(O)[C@@H]2C)CC1)COCCCOP(=O)(O)OC1CCN(C(=O)CCCCO[C@@H]2OC(CO)[C@H](O)C(O)[C@@H]2NC(C)=O)CC1. The Labute approximate surface area is 663 Å². The number of piperidine rings is 3. The highest BCUT2D eigenvalue weighted by molar-refractivity contribution is 7.48. The van der Waals surface area contributed by atoms with Gasteiger partial charge in [0.25, 0.3) is 0 Å². The second kappa shape index (κ2) is 52.6. The summed E-state index contributed by atoms with van der Waals surface area (Å²) in [5, 5.41) is 92.5. The zero-order chi connectivity index (χ0) is 83.3. The number of phosphoric ester groups is 3. The van der Waals surface area contributed by atoms with Crippen molar-refractivity contribution in [3.05, 3.63) is 0 Å². The maximum atomic E-state index is 13.1. The van der Waals surface area contributed by atoms with Crippen molar-refractivity contribution in [1.82, 2.24) is 20.0 Å². The van der Waals surface area contributed by atoms with E-state index in [1.807, 2.05) is 0 Å². The van der Waals surface area contributed by atoms with E-state index >= 15 is 0 Å². The number of hydrogen-bond donors (Lipinski definition) is 13. The number of nitrogens with one attached hydrogen (secondary N) is 1. The van der Waals surface area contributed by atoms with Gasteiger partial charge in [-0.3, -0.25) is 46.3 Å². The third-order valence-corrected chi connectivity index (χ3v) is 23.0. The summed E-state index contributed by atoms with van der Waals surface area (Å²) >= 11 is 0. The summed E-state index contributed by atoms with van der Waals surface area (Å²) in [5.74, 6) is -1.08. The van der Waals surface area contributed by atoms with Crippen LogP contribution in [0.25, 0.3) is 0 Å². The molecule has 6 fully saturated rings. The van der Waals surface area contributed by atoms with Crippen molar-refractivity contribution < 1.29 is 168 Å². The van der Waals surface area contributed by atoms with Crippen molar-refractivity contribution in [2.24, 2.45) is 23.2 Å². The first kappa shape index (κ1) is 101. The van der Waals surface area contributed by atoms with Gasteiger partial charge in [-0.1, -0.05) is 34.6 Å². The molecule has 6 aliphatic rings. The molecule has 13 N–H and O–H groups in total. The number of aliphatic hydroxyl groups excluding tert-OH is 9. The van der Waals surface area contributed by atoms with Crippen LogP contribution >= 0.6 is 23.5 Å².